The van der Waals surface area contributed by atoms with Crippen LogP contribution in [0.5, 0.6) is 0 Å². The number of aromatic nitrogens is 2. The van der Waals surface area contributed by atoms with Gasteiger partial charge in [0, 0.05) is 37.8 Å². The summed E-state index contributed by atoms with van der Waals surface area (Å²) in [5, 5.41) is 0.563. The Kier molecular flexibility index (Phi) is 4.63. The van der Waals surface area contributed by atoms with E-state index in [0.29, 0.717) is 11.2 Å². The normalized spacial score (nSPS) is 16.9. The first-order valence-electron chi connectivity index (χ1n) is 6.85. The molecule has 0 saturated carbocycles. The van der Waals surface area contributed by atoms with Crippen molar-refractivity contribution in [3.05, 3.63) is 16.5 Å². The summed E-state index contributed by atoms with van der Waals surface area (Å²) in [6.07, 6.45) is 2.07. The van der Waals surface area contributed by atoms with Crippen LogP contribution in [0.15, 0.2) is 0 Å². The number of anilines is 1. The number of ether oxygens (including phenoxy) is 1. The van der Waals surface area contributed by atoms with Crippen LogP contribution in [0.3, 0.4) is 0 Å². The van der Waals surface area contributed by atoms with Crippen molar-refractivity contribution in [2.75, 3.05) is 25.2 Å². The van der Waals surface area contributed by atoms with Crippen LogP contribution < -0.4 is 4.90 Å². The van der Waals surface area contributed by atoms with E-state index in [-0.39, 0.29) is 5.92 Å². The zero-order chi connectivity index (χ0) is 14.0. The van der Waals surface area contributed by atoms with Crippen molar-refractivity contribution in [1.82, 2.24) is 9.97 Å². The largest absolute Gasteiger partial charge is 0.381 e. The minimum Gasteiger partial charge on any atom is -0.381 e. The van der Waals surface area contributed by atoms with Crippen LogP contribution in [-0.4, -0.2) is 36.3 Å². The third-order valence-electron chi connectivity index (χ3n) is 3.67. The molecule has 0 bridgehead atoms. The maximum atomic E-state index is 6.24. The first-order chi connectivity index (χ1) is 9.00. The van der Waals surface area contributed by atoms with Crippen LogP contribution in [0, 0.1) is 6.92 Å². The van der Waals surface area contributed by atoms with E-state index in [0.717, 1.165) is 43.3 Å². The van der Waals surface area contributed by atoms with Crippen molar-refractivity contribution in [3.63, 3.8) is 0 Å². The molecule has 1 aromatic heterocycles. The van der Waals surface area contributed by atoms with Gasteiger partial charge in [-0.3, -0.25) is 0 Å². The molecule has 5 heteroatoms. The lowest BCUT2D eigenvalue weighted by Gasteiger charge is -2.33. The van der Waals surface area contributed by atoms with E-state index in [4.69, 9.17) is 21.3 Å². The van der Waals surface area contributed by atoms with Gasteiger partial charge in [0.1, 0.15) is 16.8 Å². The Morgan fingerprint density at radius 2 is 1.89 bits per heavy atom. The van der Waals surface area contributed by atoms with Gasteiger partial charge in [0.2, 0.25) is 0 Å². The van der Waals surface area contributed by atoms with Crippen molar-refractivity contribution in [2.45, 2.75) is 45.6 Å². The number of hydrogen-bond donors (Lipinski definition) is 0. The molecule has 0 spiro atoms. The Labute approximate surface area is 120 Å². The molecule has 1 aliphatic heterocycles. The molecule has 4 nitrogen and oxygen atoms in total. The number of halogens is 1. The van der Waals surface area contributed by atoms with E-state index in [9.17, 15) is 0 Å². The minimum atomic E-state index is 0.278. The second-order valence-corrected chi connectivity index (χ2v) is 5.79. The smallest absolute Gasteiger partial charge is 0.137 e. The fraction of sp³-hybridized carbons (Fsp3) is 0.714. The summed E-state index contributed by atoms with van der Waals surface area (Å²) in [4.78, 5) is 11.3. The molecule has 0 radical (unpaired) electrons. The lowest BCUT2D eigenvalue weighted by molar-refractivity contribution is 0.0853. The van der Waals surface area contributed by atoms with Crippen molar-refractivity contribution in [2.24, 2.45) is 0 Å². The molecule has 0 aromatic carbocycles. The summed E-state index contributed by atoms with van der Waals surface area (Å²) in [5.74, 6) is 2.04. The molecule has 2 heterocycles. The van der Waals surface area contributed by atoms with Gasteiger partial charge < -0.3 is 9.64 Å². The van der Waals surface area contributed by atoms with Gasteiger partial charge in [-0.2, -0.15) is 0 Å². The second kappa shape index (κ2) is 6.06. The van der Waals surface area contributed by atoms with E-state index in [1.807, 2.05) is 6.92 Å². The van der Waals surface area contributed by atoms with Crippen molar-refractivity contribution < 1.29 is 4.74 Å². The van der Waals surface area contributed by atoms with Gasteiger partial charge in [-0.1, -0.05) is 25.4 Å². The molecule has 2 rings (SSSR count). The highest BCUT2D eigenvalue weighted by Crippen LogP contribution is 2.28. The molecular weight excluding hydrogens is 262 g/mol. The summed E-state index contributed by atoms with van der Waals surface area (Å²) in [6, 6.07) is 0.471. The molecule has 1 aliphatic rings. The molecule has 0 unspecified atom stereocenters. The fourth-order valence-corrected chi connectivity index (χ4v) is 2.51. The van der Waals surface area contributed by atoms with Crippen LogP contribution in [0.2, 0.25) is 5.15 Å². The topological polar surface area (TPSA) is 38.2 Å². The standard InChI is InChI=1S/C14H22ClN3O/c1-9(2)13-16-12(15)10(3)14(17-13)18(4)11-5-7-19-8-6-11/h9,11H,5-8H2,1-4H3. The lowest BCUT2D eigenvalue weighted by Crippen LogP contribution is -2.37. The van der Waals surface area contributed by atoms with Crippen molar-refractivity contribution >= 4 is 17.4 Å². The minimum absolute atomic E-state index is 0.278. The maximum Gasteiger partial charge on any atom is 0.137 e. The van der Waals surface area contributed by atoms with Gasteiger partial charge in [0.05, 0.1) is 0 Å². The molecule has 0 atom stereocenters. The van der Waals surface area contributed by atoms with Crippen LogP contribution >= 0.6 is 11.6 Å². The van der Waals surface area contributed by atoms with Crippen molar-refractivity contribution in [3.8, 4) is 0 Å². The number of hydrogen-bond acceptors (Lipinski definition) is 4. The zero-order valence-electron chi connectivity index (χ0n) is 12.1. The summed E-state index contributed by atoms with van der Waals surface area (Å²) in [7, 11) is 2.09. The Morgan fingerprint density at radius 3 is 2.47 bits per heavy atom. The molecule has 0 aliphatic carbocycles. The predicted octanol–water partition coefficient (Wildman–Crippen LogP) is 3.18. The van der Waals surface area contributed by atoms with Gasteiger partial charge in [0.15, 0.2) is 0 Å². The van der Waals surface area contributed by atoms with E-state index in [1.165, 1.54) is 0 Å². The van der Waals surface area contributed by atoms with E-state index >= 15 is 0 Å². The van der Waals surface area contributed by atoms with E-state index in [1.54, 1.807) is 0 Å². The molecule has 1 fully saturated rings. The summed E-state index contributed by atoms with van der Waals surface area (Å²) < 4.78 is 5.42. The highest BCUT2D eigenvalue weighted by molar-refractivity contribution is 6.30. The molecule has 0 amide bonds. The highest BCUT2D eigenvalue weighted by Gasteiger charge is 2.23. The zero-order valence-corrected chi connectivity index (χ0v) is 12.9. The van der Waals surface area contributed by atoms with Gasteiger partial charge in [-0.25, -0.2) is 9.97 Å². The summed E-state index contributed by atoms with van der Waals surface area (Å²) >= 11 is 6.24. The van der Waals surface area contributed by atoms with Gasteiger partial charge in [0.25, 0.3) is 0 Å². The molecule has 0 N–H and O–H groups in total. The van der Waals surface area contributed by atoms with E-state index < -0.39 is 0 Å². The second-order valence-electron chi connectivity index (χ2n) is 5.43. The van der Waals surface area contributed by atoms with Gasteiger partial charge >= 0.3 is 0 Å². The first-order valence-corrected chi connectivity index (χ1v) is 7.23. The summed E-state index contributed by atoms with van der Waals surface area (Å²) in [6.45, 7) is 7.80. The quantitative estimate of drug-likeness (QED) is 0.799. The molecule has 19 heavy (non-hydrogen) atoms. The van der Waals surface area contributed by atoms with Crippen LogP contribution in [0.4, 0.5) is 5.82 Å². The van der Waals surface area contributed by atoms with Crippen LogP contribution in [0.1, 0.15) is 44.0 Å². The number of rotatable bonds is 3. The average molecular weight is 284 g/mol. The molecule has 106 valence electrons. The maximum absolute atomic E-state index is 6.24. The molecule has 1 saturated heterocycles. The third kappa shape index (κ3) is 3.18. The highest BCUT2D eigenvalue weighted by atomic mass is 35.5. The molecule has 1 aromatic rings. The lowest BCUT2D eigenvalue weighted by atomic mass is 10.1. The van der Waals surface area contributed by atoms with Crippen LogP contribution in [0.25, 0.3) is 0 Å². The Morgan fingerprint density at radius 1 is 1.26 bits per heavy atom. The monoisotopic (exact) mass is 283 g/mol. The third-order valence-corrected chi connectivity index (χ3v) is 4.04. The Hall–Kier alpha value is -0.870. The van der Waals surface area contributed by atoms with Crippen molar-refractivity contribution in [1.29, 1.82) is 0 Å². The van der Waals surface area contributed by atoms with E-state index in [2.05, 4.69) is 30.8 Å². The Bertz CT molecular complexity index is 445. The fourth-order valence-electron chi connectivity index (χ4n) is 2.34. The number of nitrogens with zero attached hydrogens (tertiary/aromatic N) is 3. The van der Waals surface area contributed by atoms with Crippen LogP contribution in [-0.2, 0) is 4.74 Å². The molecular formula is C14H22ClN3O. The Balaban J connectivity index is 2.31. The predicted molar refractivity (Wildman–Crippen MR) is 78.1 cm³/mol. The van der Waals surface area contributed by atoms with Gasteiger partial charge in [-0.05, 0) is 19.8 Å². The first kappa shape index (κ1) is 14.5. The summed E-state index contributed by atoms with van der Waals surface area (Å²) in [5.41, 5.74) is 0.958. The SMILES string of the molecule is Cc1c(Cl)nc(C(C)C)nc1N(C)C1CCOCC1. The van der Waals surface area contributed by atoms with Gasteiger partial charge in [-0.15, -0.1) is 0 Å². The average Bonchev–Trinajstić information content (AvgIpc) is 2.41.